The van der Waals surface area contributed by atoms with Crippen molar-refractivity contribution in [3.05, 3.63) is 51.5 Å². The molecule has 2 aromatic carbocycles. The van der Waals surface area contributed by atoms with E-state index in [2.05, 4.69) is 20.7 Å². The van der Waals surface area contributed by atoms with E-state index in [-0.39, 0.29) is 24.4 Å². The maximum absolute atomic E-state index is 13.6. The molecular weight excluding hydrogens is 545 g/mol. The molecule has 0 atom stereocenters. The van der Waals surface area contributed by atoms with Crippen LogP contribution in [0.3, 0.4) is 0 Å². The van der Waals surface area contributed by atoms with Gasteiger partial charge in [-0.1, -0.05) is 13.5 Å². The minimum absolute atomic E-state index is 0. The number of halogens is 7. The van der Waals surface area contributed by atoms with E-state index in [0.717, 1.165) is 12.1 Å². The fourth-order valence-corrected chi connectivity index (χ4v) is 3.65. The van der Waals surface area contributed by atoms with Gasteiger partial charge in [0.05, 0.1) is 41.0 Å². The van der Waals surface area contributed by atoms with Crippen LogP contribution in [0, 0.1) is 11.6 Å². The third kappa shape index (κ3) is 6.45. The smallest absolute Gasteiger partial charge is 0.497 e. The van der Waals surface area contributed by atoms with E-state index in [4.69, 9.17) is 14.0 Å². The van der Waals surface area contributed by atoms with E-state index in [1.165, 1.54) is 26.4 Å². The normalized spacial score (nSPS) is 16.0. The summed E-state index contributed by atoms with van der Waals surface area (Å²) in [6.07, 6.45) is -5.87. The zero-order valence-corrected chi connectivity index (χ0v) is 20.9. The Kier molecular flexibility index (Phi) is 10.6. The zero-order valence-electron chi connectivity index (χ0n) is 19.3. The van der Waals surface area contributed by atoms with Crippen molar-refractivity contribution in [1.29, 1.82) is 0 Å². The molecule has 1 aliphatic heterocycles. The number of methoxy groups -OCH3 is 2. The largest absolute Gasteiger partial charge is 0.498 e. The number of benzene rings is 2. The second kappa shape index (κ2) is 11.9. The van der Waals surface area contributed by atoms with Crippen LogP contribution in [0.2, 0.25) is 0 Å². The van der Waals surface area contributed by atoms with Gasteiger partial charge in [-0.05, 0) is 61.8 Å². The minimum atomic E-state index is -2.98. The van der Waals surface area contributed by atoms with Crippen LogP contribution in [0.15, 0.2) is 28.7 Å². The van der Waals surface area contributed by atoms with Gasteiger partial charge in [0.25, 0.3) is 12.9 Å². The second-order valence-corrected chi connectivity index (χ2v) is 9.10. The summed E-state index contributed by atoms with van der Waals surface area (Å²) in [5.74, 6) is -2.37. The van der Waals surface area contributed by atoms with Gasteiger partial charge in [-0.2, -0.15) is 0 Å². The minimum Gasteiger partial charge on any atom is -0.497 e. The molecule has 4 nitrogen and oxygen atoms in total. The summed E-state index contributed by atoms with van der Waals surface area (Å²) in [5, 5.41) is 0. The van der Waals surface area contributed by atoms with Gasteiger partial charge in [-0.3, -0.25) is 0 Å². The summed E-state index contributed by atoms with van der Waals surface area (Å²) in [6, 6.07) is 4.61. The topological polar surface area (TPSA) is 36.9 Å². The average molecular weight is 573 g/mol. The fraction of sp³-hybridized carbons (Fsp3) is 0.478. The van der Waals surface area contributed by atoms with E-state index >= 15 is 0 Å². The molecule has 1 saturated heterocycles. The Morgan fingerprint density at radius 2 is 1.17 bits per heavy atom. The molecule has 3 rings (SSSR count). The van der Waals surface area contributed by atoms with Gasteiger partial charge in [0.1, 0.15) is 23.1 Å². The van der Waals surface area contributed by atoms with Gasteiger partial charge in [-0.15, -0.1) is 0 Å². The van der Waals surface area contributed by atoms with Crippen LogP contribution in [0.1, 0.15) is 59.1 Å². The van der Waals surface area contributed by atoms with E-state index in [1.54, 1.807) is 0 Å². The average Bonchev–Trinajstić information content (AvgIpc) is 2.95. The highest BCUT2D eigenvalue weighted by Crippen LogP contribution is 2.39. The second-order valence-electron chi connectivity index (χ2n) is 8.25. The van der Waals surface area contributed by atoms with E-state index in [1.807, 2.05) is 27.7 Å². The first kappa shape index (κ1) is 31.1. The third-order valence-corrected chi connectivity index (χ3v) is 6.24. The molecular formula is C23H28BBrF6O4. The van der Waals surface area contributed by atoms with Gasteiger partial charge in [-0.25, -0.2) is 26.3 Å². The van der Waals surface area contributed by atoms with E-state index < -0.39 is 53.9 Å². The molecule has 0 saturated carbocycles. The lowest BCUT2D eigenvalue weighted by Crippen LogP contribution is -2.41. The van der Waals surface area contributed by atoms with E-state index in [0.29, 0.717) is 4.47 Å². The van der Waals surface area contributed by atoms with Crippen LogP contribution >= 0.6 is 15.9 Å². The predicted molar refractivity (Wildman–Crippen MR) is 126 cm³/mol. The van der Waals surface area contributed by atoms with Crippen molar-refractivity contribution in [1.82, 2.24) is 0 Å². The number of hydrogen-bond acceptors (Lipinski definition) is 4. The molecule has 0 bridgehead atoms. The first-order chi connectivity index (χ1) is 15.7. The Morgan fingerprint density at radius 3 is 1.54 bits per heavy atom. The Bertz CT molecular complexity index is 1000. The number of hydrogen-bond donors (Lipinski definition) is 0. The van der Waals surface area contributed by atoms with Gasteiger partial charge in [0.15, 0.2) is 0 Å². The molecule has 1 fully saturated rings. The van der Waals surface area contributed by atoms with Crippen LogP contribution in [0.5, 0.6) is 11.5 Å². The third-order valence-electron chi connectivity index (χ3n) is 5.62. The van der Waals surface area contributed by atoms with Crippen molar-refractivity contribution in [2.45, 2.75) is 59.2 Å². The van der Waals surface area contributed by atoms with Crippen LogP contribution < -0.4 is 14.9 Å². The highest BCUT2D eigenvalue weighted by molar-refractivity contribution is 9.10. The van der Waals surface area contributed by atoms with Crippen LogP contribution in [-0.4, -0.2) is 32.5 Å². The van der Waals surface area contributed by atoms with Crippen molar-refractivity contribution in [3.63, 3.8) is 0 Å². The highest BCUT2D eigenvalue weighted by atomic mass is 79.9. The number of ether oxygens (including phenoxy) is 2. The van der Waals surface area contributed by atoms with Crippen molar-refractivity contribution in [2.75, 3.05) is 14.2 Å². The number of rotatable bonds is 5. The van der Waals surface area contributed by atoms with Crippen molar-refractivity contribution in [2.24, 2.45) is 0 Å². The molecule has 196 valence electrons. The Morgan fingerprint density at radius 1 is 0.771 bits per heavy atom. The molecule has 0 N–H and O–H groups in total. The van der Waals surface area contributed by atoms with Crippen LogP contribution in [-0.2, 0) is 9.31 Å². The molecule has 1 heterocycles. The summed E-state index contributed by atoms with van der Waals surface area (Å²) in [4.78, 5) is 0. The zero-order chi connectivity index (χ0) is 26.0. The first-order valence-corrected chi connectivity index (χ1v) is 10.8. The summed E-state index contributed by atoms with van der Waals surface area (Å²) >= 11 is 2.98. The van der Waals surface area contributed by atoms with Crippen molar-refractivity contribution in [3.8, 4) is 11.5 Å². The molecule has 2 aromatic rings. The lowest BCUT2D eigenvalue weighted by molar-refractivity contribution is 0.00578. The molecule has 0 aromatic heterocycles. The molecule has 35 heavy (non-hydrogen) atoms. The van der Waals surface area contributed by atoms with Gasteiger partial charge in [0.2, 0.25) is 0 Å². The summed E-state index contributed by atoms with van der Waals surface area (Å²) in [6.45, 7) is 7.38. The maximum Gasteiger partial charge on any atom is 0.498 e. The molecule has 0 amide bonds. The van der Waals surface area contributed by atoms with Crippen LogP contribution in [0.25, 0.3) is 0 Å². The molecule has 1 aliphatic rings. The van der Waals surface area contributed by atoms with Gasteiger partial charge in [0, 0.05) is 5.46 Å². The molecule has 0 radical (unpaired) electrons. The molecule has 0 aliphatic carbocycles. The Hall–Kier alpha value is -1.92. The molecule has 0 spiro atoms. The summed E-state index contributed by atoms with van der Waals surface area (Å²) < 4.78 is 98.8. The summed E-state index contributed by atoms with van der Waals surface area (Å²) in [7, 11) is 1.55. The molecule has 0 unspecified atom stereocenters. The van der Waals surface area contributed by atoms with Gasteiger partial charge >= 0.3 is 7.12 Å². The number of alkyl halides is 4. The Labute approximate surface area is 210 Å². The Balaban J connectivity index is 0.000000378. The first-order valence-electron chi connectivity index (χ1n) is 9.98. The van der Waals surface area contributed by atoms with Gasteiger partial charge < -0.3 is 18.8 Å². The van der Waals surface area contributed by atoms with Crippen molar-refractivity contribution < 1.29 is 45.1 Å². The van der Waals surface area contributed by atoms with Crippen LogP contribution in [0.4, 0.5) is 26.3 Å². The maximum atomic E-state index is 13.6. The van der Waals surface area contributed by atoms with E-state index in [9.17, 15) is 26.3 Å². The standard InChI is InChI=1S/C14H18BF3O3.C8H6BrF3O.CH4/c1-13(2)14(3,4)21-15(20-13)8-6-7-9(16)10(12(17)18)11(8)19-5;1-13-7-4(9)2-3-5(10)6(7)8(11)12;/h6-7,12H,1-5H3;2-3,8H,1H3;1H4. The SMILES string of the molecule is C.COc1c(B2OC(C)(C)C(C)(C)O2)ccc(F)c1C(F)F.COc1c(Br)ccc(F)c1C(F)F. The quantitative estimate of drug-likeness (QED) is 0.279. The lowest BCUT2D eigenvalue weighted by Gasteiger charge is -2.32. The molecule has 12 heteroatoms. The predicted octanol–water partition coefficient (Wildman–Crippen LogP) is 7.24. The lowest BCUT2D eigenvalue weighted by atomic mass is 9.77. The summed E-state index contributed by atoms with van der Waals surface area (Å²) in [5.41, 5.74) is -2.47. The highest BCUT2D eigenvalue weighted by Gasteiger charge is 2.52. The van der Waals surface area contributed by atoms with Crippen molar-refractivity contribution >= 4 is 28.5 Å². The fourth-order valence-electron chi connectivity index (χ4n) is 3.14. The monoisotopic (exact) mass is 572 g/mol.